The van der Waals surface area contributed by atoms with Crippen molar-refractivity contribution in [2.24, 2.45) is 5.10 Å². The Kier molecular flexibility index (Phi) is 3.74. The van der Waals surface area contributed by atoms with Crippen molar-refractivity contribution in [3.8, 4) is 0 Å². The van der Waals surface area contributed by atoms with E-state index in [1.807, 2.05) is 0 Å². The van der Waals surface area contributed by atoms with Crippen molar-refractivity contribution in [2.75, 3.05) is 5.32 Å². The molecule has 0 atom stereocenters. The fraction of sp³-hybridized carbons (Fsp3) is 0.250. The number of nitro groups is 1. The molecule has 0 saturated heterocycles. The normalized spacial score (nSPS) is 14.2. The molecule has 2 rings (SSSR count). The number of carbonyl (C=O) groups is 2. The van der Waals surface area contributed by atoms with Crippen LogP contribution in [-0.2, 0) is 9.59 Å². The molecule has 1 aliphatic heterocycles. The number of benzene rings is 1. The molecule has 1 aromatic carbocycles. The van der Waals surface area contributed by atoms with Crippen molar-refractivity contribution in [1.29, 1.82) is 0 Å². The first-order chi connectivity index (χ1) is 9.47. The summed E-state index contributed by atoms with van der Waals surface area (Å²) in [7, 11) is 0. The summed E-state index contributed by atoms with van der Waals surface area (Å²) in [5, 5.41) is 17.0. The molecule has 0 aliphatic carbocycles. The van der Waals surface area contributed by atoms with Gasteiger partial charge in [-0.3, -0.25) is 19.7 Å². The molecule has 0 bridgehead atoms. The van der Waals surface area contributed by atoms with Crippen molar-refractivity contribution in [1.82, 2.24) is 5.43 Å². The number of hydrogen-bond donors (Lipinski definition) is 2. The highest BCUT2D eigenvalue weighted by atomic mass is 16.6. The maximum Gasteiger partial charge on any atom is 0.274 e. The first-order valence-electron chi connectivity index (χ1n) is 5.89. The minimum Gasteiger partial charge on any atom is -0.321 e. The maximum atomic E-state index is 11.9. The molecule has 8 nitrogen and oxygen atoms in total. The molecule has 0 fully saturated rings. The van der Waals surface area contributed by atoms with Gasteiger partial charge in [-0.15, -0.1) is 0 Å². The van der Waals surface area contributed by atoms with E-state index >= 15 is 0 Å². The molecule has 0 radical (unpaired) electrons. The topological polar surface area (TPSA) is 114 Å². The van der Waals surface area contributed by atoms with Crippen LogP contribution in [0.25, 0.3) is 0 Å². The summed E-state index contributed by atoms with van der Waals surface area (Å²) in [4.78, 5) is 33.1. The molecule has 104 valence electrons. The van der Waals surface area contributed by atoms with Crippen LogP contribution in [0.3, 0.4) is 0 Å². The van der Waals surface area contributed by atoms with E-state index < -0.39 is 10.8 Å². The Morgan fingerprint density at radius 3 is 2.80 bits per heavy atom. The molecule has 20 heavy (non-hydrogen) atoms. The number of amides is 2. The lowest BCUT2D eigenvalue weighted by Gasteiger charge is -2.12. The summed E-state index contributed by atoms with van der Waals surface area (Å²) in [5.41, 5.74) is 3.16. The number of hydrazone groups is 1. The second kappa shape index (κ2) is 5.47. The van der Waals surface area contributed by atoms with E-state index in [0.29, 0.717) is 11.3 Å². The first kappa shape index (κ1) is 13.7. The van der Waals surface area contributed by atoms with Gasteiger partial charge in [0.15, 0.2) is 0 Å². The Bertz CT molecular complexity index is 624. The van der Waals surface area contributed by atoms with E-state index in [9.17, 15) is 19.7 Å². The largest absolute Gasteiger partial charge is 0.321 e. The van der Waals surface area contributed by atoms with Gasteiger partial charge in [0, 0.05) is 30.2 Å². The van der Waals surface area contributed by atoms with Crippen LogP contribution in [-0.4, -0.2) is 22.4 Å². The second-order valence-corrected chi connectivity index (χ2v) is 4.31. The Morgan fingerprint density at radius 2 is 2.20 bits per heavy atom. The van der Waals surface area contributed by atoms with Gasteiger partial charge in [-0.05, 0) is 13.0 Å². The highest BCUT2D eigenvalue weighted by Crippen LogP contribution is 2.22. The number of rotatable bonds is 3. The summed E-state index contributed by atoms with van der Waals surface area (Å²) < 4.78 is 0. The van der Waals surface area contributed by atoms with E-state index in [-0.39, 0.29) is 30.1 Å². The summed E-state index contributed by atoms with van der Waals surface area (Å²) in [6, 6.07) is 4.41. The van der Waals surface area contributed by atoms with Crippen LogP contribution < -0.4 is 10.7 Å². The number of nitro benzene ring substituents is 1. The summed E-state index contributed by atoms with van der Waals surface area (Å²) in [6.45, 7) is 1.62. The van der Waals surface area contributed by atoms with Crippen LogP contribution in [0, 0.1) is 17.0 Å². The van der Waals surface area contributed by atoms with Gasteiger partial charge in [0.2, 0.25) is 5.91 Å². The second-order valence-electron chi connectivity index (χ2n) is 4.31. The van der Waals surface area contributed by atoms with Crippen LogP contribution in [0.1, 0.15) is 18.4 Å². The van der Waals surface area contributed by atoms with E-state index in [1.54, 1.807) is 19.1 Å². The minimum atomic E-state index is -0.511. The predicted octanol–water partition coefficient (Wildman–Crippen LogP) is 1.11. The fourth-order valence-electron chi connectivity index (χ4n) is 1.72. The number of carbonyl (C=O) groups excluding carboxylic acids is 2. The van der Waals surface area contributed by atoms with Crippen molar-refractivity contribution in [3.05, 3.63) is 33.9 Å². The lowest BCUT2D eigenvalue weighted by atomic mass is 10.1. The van der Waals surface area contributed by atoms with Crippen molar-refractivity contribution in [3.63, 3.8) is 0 Å². The molecular formula is C12H12N4O4. The molecule has 0 unspecified atom stereocenters. The van der Waals surface area contributed by atoms with Crippen LogP contribution in [0.5, 0.6) is 0 Å². The highest BCUT2D eigenvalue weighted by molar-refractivity contribution is 6.43. The van der Waals surface area contributed by atoms with Crippen LogP contribution >= 0.6 is 0 Å². The van der Waals surface area contributed by atoms with Gasteiger partial charge in [-0.25, -0.2) is 5.43 Å². The van der Waals surface area contributed by atoms with Gasteiger partial charge in [-0.2, -0.15) is 5.10 Å². The number of nitrogens with one attached hydrogen (secondary N) is 2. The Balaban J connectivity index is 2.14. The van der Waals surface area contributed by atoms with Gasteiger partial charge in [0.25, 0.3) is 11.6 Å². The number of nitrogens with zero attached hydrogens (tertiary/aromatic N) is 2. The Labute approximate surface area is 114 Å². The molecule has 0 saturated carbocycles. The molecule has 1 aliphatic rings. The molecule has 2 amide bonds. The highest BCUT2D eigenvalue weighted by Gasteiger charge is 2.19. The zero-order chi connectivity index (χ0) is 14.7. The lowest BCUT2D eigenvalue weighted by molar-refractivity contribution is -0.385. The molecule has 1 aromatic rings. The summed E-state index contributed by atoms with van der Waals surface area (Å²) in [6.07, 6.45) is 0.436. The third-order valence-corrected chi connectivity index (χ3v) is 2.83. The number of aryl methyl sites for hydroxylation is 1. The average Bonchev–Trinajstić information content (AvgIpc) is 2.41. The van der Waals surface area contributed by atoms with Gasteiger partial charge >= 0.3 is 0 Å². The lowest BCUT2D eigenvalue weighted by Crippen LogP contribution is -2.32. The third kappa shape index (κ3) is 2.97. The zero-order valence-corrected chi connectivity index (χ0v) is 10.7. The molecular weight excluding hydrogens is 264 g/mol. The first-order valence-corrected chi connectivity index (χ1v) is 5.89. The van der Waals surface area contributed by atoms with Gasteiger partial charge in [0.05, 0.1) is 4.92 Å². The molecule has 2 N–H and O–H groups in total. The van der Waals surface area contributed by atoms with E-state index in [0.717, 1.165) is 0 Å². The molecule has 8 heteroatoms. The van der Waals surface area contributed by atoms with Gasteiger partial charge in [-0.1, -0.05) is 6.07 Å². The van der Waals surface area contributed by atoms with Crippen molar-refractivity contribution in [2.45, 2.75) is 19.8 Å². The molecule has 0 aromatic heterocycles. The fourth-order valence-corrected chi connectivity index (χ4v) is 1.72. The predicted molar refractivity (Wildman–Crippen MR) is 71.3 cm³/mol. The third-order valence-electron chi connectivity index (χ3n) is 2.83. The summed E-state index contributed by atoms with van der Waals surface area (Å²) in [5.74, 6) is -0.726. The van der Waals surface area contributed by atoms with Crippen LogP contribution in [0.4, 0.5) is 11.4 Å². The molecule has 1 heterocycles. The van der Waals surface area contributed by atoms with E-state index in [1.165, 1.54) is 6.07 Å². The van der Waals surface area contributed by atoms with Crippen molar-refractivity contribution < 1.29 is 14.5 Å². The van der Waals surface area contributed by atoms with Crippen molar-refractivity contribution >= 4 is 28.9 Å². The Hall–Kier alpha value is -2.77. The van der Waals surface area contributed by atoms with Gasteiger partial charge < -0.3 is 5.32 Å². The van der Waals surface area contributed by atoms with Gasteiger partial charge in [0.1, 0.15) is 5.71 Å². The molecule has 0 spiro atoms. The smallest absolute Gasteiger partial charge is 0.274 e. The zero-order valence-electron chi connectivity index (χ0n) is 10.7. The standard InChI is InChI=1S/C12H12N4O4/c1-7-2-3-8(6-10(7)16(19)20)13-12(18)9-4-5-11(17)15-14-9/h2-3,6H,4-5H2,1H3,(H,13,18)(H,15,17). The summed E-state index contributed by atoms with van der Waals surface area (Å²) >= 11 is 0. The van der Waals surface area contributed by atoms with E-state index in [4.69, 9.17) is 0 Å². The average molecular weight is 276 g/mol. The minimum absolute atomic E-state index is 0.0679. The van der Waals surface area contributed by atoms with Crippen LogP contribution in [0.15, 0.2) is 23.3 Å². The quantitative estimate of drug-likeness (QED) is 0.635. The number of hydrogen-bond acceptors (Lipinski definition) is 5. The van der Waals surface area contributed by atoms with E-state index in [2.05, 4.69) is 15.8 Å². The Morgan fingerprint density at radius 1 is 1.45 bits per heavy atom. The number of anilines is 1. The maximum absolute atomic E-state index is 11.9. The monoisotopic (exact) mass is 276 g/mol. The SMILES string of the molecule is Cc1ccc(NC(=O)C2=NNC(=O)CC2)cc1[N+](=O)[O-]. The van der Waals surface area contributed by atoms with Crippen LogP contribution in [0.2, 0.25) is 0 Å².